The van der Waals surface area contributed by atoms with E-state index in [1.807, 2.05) is 53.4 Å². The van der Waals surface area contributed by atoms with Crippen LogP contribution in [0.1, 0.15) is 41.4 Å². The fourth-order valence-electron chi connectivity index (χ4n) is 4.08. The molecule has 0 saturated carbocycles. The van der Waals surface area contributed by atoms with Crippen molar-refractivity contribution < 1.29 is 14.3 Å². The molecule has 0 spiro atoms. The van der Waals surface area contributed by atoms with Gasteiger partial charge in [-0.2, -0.15) is 0 Å². The number of hydrogen-bond donors (Lipinski definition) is 0. The first-order valence-corrected chi connectivity index (χ1v) is 9.86. The molecule has 0 aliphatic carbocycles. The van der Waals surface area contributed by atoms with E-state index in [2.05, 4.69) is 11.1 Å². The summed E-state index contributed by atoms with van der Waals surface area (Å²) in [6.07, 6.45) is 2.81. The lowest BCUT2D eigenvalue weighted by Gasteiger charge is -2.25. The Bertz CT molecular complexity index is 1030. The third kappa shape index (κ3) is 3.07. The molecule has 2 aliphatic rings. The summed E-state index contributed by atoms with van der Waals surface area (Å²) in [5.41, 5.74) is 2.44. The Balaban J connectivity index is 1.44. The molecule has 1 atom stereocenters. The Labute approximate surface area is 163 Å². The topological polar surface area (TPSA) is 51.7 Å². The smallest absolute Gasteiger partial charge is 0.272 e. The largest absolute Gasteiger partial charge is 0.490 e. The summed E-state index contributed by atoms with van der Waals surface area (Å²) in [6, 6.07) is 17.8. The minimum Gasteiger partial charge on any atom is -0.490 e. The molecule has 3 heterocycles. The summed E-state index contributed by atoms with van der Waals surface area (Å²) in [6.45, 7) is 2.07. The molecule has 28 heavy (non-hydrogen) atoms. The van der Waals surface area contributed by atoms with Crippen molar-refractivity contribution in [3.8, 4) is 11.5 Å². The molecule has 5 heteroatoms. The number of nitrogens with zero attached hydrogens (tertiary/aromatic N) is 2. The van der Waals surface area contributed by atoms with Crippen LogP contribution in [-0.2, 0) is 0 Å². The molecule has 1 aromatic heterocycles. The molecule has 0 bridgehead atoms. The highest BCUT2D eigenvalue weighted by atomic mass is 16.5. The number of aromatic nitrogens is 1. The van der Waals surface area contributed by atoms with Gasteiger partial charge in [0.2, 0.25) is 0 Å². The van der Waals surface area contributed by atoms with E-state index in [4.69, 9.17) is 9.47 Å². The zero-order valence-corrected chi connectivity index (χ0v) is 15.6. The minimum absolute atomic E-state index is 0.0136. The first-order chi connectivity index (χ1) is 13.8. The number of carbonyl (C=O) groups excluding carboxylic acids is 1. The number of hydrogen-bond acceptors (Lipinski definition) is 4. The van der Waals surface area contributed by atoms with Crippen LogP contribution in [-0.4, -0.2) is 35.5 Å². The van der Waals surface area contributed by atoms with Crippen LogP contribution in [0.15, 0.2) is 54.6 Å². The second kappa shape index (κ2) is 7.15. The molecule has 0 N–H and O–H groups in total. The lowest BCUT2D eigenvalue weighted by molar-refractivity contribution is 0.0730. The predicted octanol–water partition coefficient (Wildman–Crippen LogP) is 4.37. The summed E-state index contributed by atoms with van der Waals surface area (Å²) in [5.74, 6) is 1.55. The second-order valence-corrected chi connectivity index (χ2v) is 7.30. The summed E-state index contributed by atoms with van der Waals surface area (Å²) in [5, 5.41) is 1.04. The Hall–Kier alpha value is -3.08. The summed E-state index contributed by atoms with van der Waals surface area (Å²) in [7, 11) is 0. The Morgan fingerprint density at radius 3 is 2.75 bits per heavy atom. The number of likely N-dealkylation sites (tertiary alicyclic amines) is 1. The maximum Gasteiger partial charge on any atom is 0.272 e. The monoisotopic (exact) mass is 374 g/mol. The molecule has 2 aromatic carbocycles. The van der Waals surface area contributed by atoms with Crippen molar-refractivity contribution in [2.45, 2.75) is 25.3 Å². The molecule has 5 nitrogen and oxygen atoms in total. The SMILES string of the molecule is O=C(c1ccc2ccccc2n1)N1CCC[C@@H]1c1ccc2c(c1)OCCCO2. The van der Waals surface area contributed by atoms with Gasteiger partial charge >= 0.3 is 0 Å². The van der Waals surface area contributed by atoms with Crippen molar-refractivity contribution in [2.75, 3.05) is 19.8 Å². The Morgan fingerprint density at radius 1 is 0.964 bits per heavy atom. The number of amides is 1. The van der Waals surface area contributed by atoms with E-state index in [1.165, 1.54) is 0 Å². The maximum absolute atomic E-state index is 13.2. The molecule has 0 radical (unpaired) electrons. The van der Waals surface area contributed by atoms with Crippen LogP contribution in [0, 0.1) is 0 Å². The van der Waals surface area contributed by atoms with Crippen molar-refractivity contribution in [2.24, 2.45) is 0 Å². The maximum atomic E-state index is 13.2. The average molecular weight is 374 g/mol. The molecule has 1 amide bonds. The third-order valence-corrected chi connectivity index (χ3v) is 5.49. The van der Waals surface area contributed by atoms with Crippen molar-refractivity contribution in [1.82, 2.24) is 9.88 Å². The van der Waals surface area contributed by atoms with Crippen LogP contribution in [0.4, 0.5) is 0 Å². The molecule has 1 fully saturated rings. The highest BCUT2D eigenvalue weighted by Crippen LogP contribution is 2.38. The number of fused-ring (bicyclic) bond motifs is 2. The highest BCUT2D eigenvalue weighted by Gasteiger charge is 2.32. The standard InChI is InChI=1S/C23H22N2O3/c26-23(19-10-8-16-5-1-2-6-18(16)24-19)25-12-3-7-20(25)17-9-11-21-22(15-17)28-14-4-13-27-21/h1-2,5-6,8-11,15,20H,3-4,7,12-14H2/t20-/m1/s1. The molecule has 2 aliphatic heterocycles. The van der Waals surface area contributed by atoms with Gasteiger partial charge in [-0.3, -0.25) is 4.79 Å². The van der Waals surface area contributed by atoms with E-state index in [-0.39, 0.29) is 11.9 Å². The van der Waals surface area contributed by atoms with Gasteiger partial charge in [0, 0.05) is 18.4 Å². The number of para-hydroxylation sites is 1. The molecule has 0 unspecified atom stereocenters. The average Bonchev–Trinajstić information content (AvgIpc) is 3.11. The van der Waals surface area contributed by atoms with Crippen molar-refractivity contribution in [1.29, 1.82) is 0 Å². The summed E-state index contributed by atoms with van der Waals surface area (Å²) < 4.78 is 11.6. The second-order valence-electron chi connectivity index (χ2n) is 7.30. The lowest BCUT2D eigenvalue weighted by atomic mass is 10.0. The fourth-order valence-corrected chi connectivity index (χ4v) is 4.08. The molecule has 1 saturated heterocycles. The zero-order valence-electron chi connectivity index (χ0n) is 15.6. The number of rotatable bonds is 2. The van der Waals surface area contributed by atoms with Gasteiger partial charge in [-0.25, -0.2) is 4.98 Å². The molecule has 142 valence electrons. The summed E-state index contributed by atoms with van der Waals surface area (Å²) >= 11 is 0. The van der Waals surface area contributed by atoms with Gasteiger partial charge in [0.1, 0.15) is 5.69 Å². The van der Waals surface area contributed by atoms with Gasteiger partial charge < -0.3 is 14.4 Å². The van der Waals surface area contributed by atoms with Gasteiger partial charge in [-0.05, 0) is 42.7 Å². The van der Waals surface area contributed by atoms with E-state index in [1.54, 1.807) is 0 Å². The van der Waals surface area contributed by atoms with Crippen molar-refractivity contribution in [3.63, 3.8) is 0 Å². The zero-order chi connectivity index (χ0) is 18.9. The molecular weight excluding hydrogens is 352 g/mol. The van der Waals surface area contributed by atoms with Crippen LogP contribution >= 0.6 is 0 Å². The van der Waals surface area contributed by atoms with Crippen molar-refractivity contribution in [3.05, 3.63) is 65.9 Å². The van der Waals surface area contributed by atoms with Crippen LogP contribution in [0.2, 0.25) is 0 Å². The molecular formula is C23H22N2O3. The van der Waals surface area contributed by atoms with E-state index in [0.29, 0.717) is 18.9 Å². The lowest BCUT2D eigenvalue weighted by Crippen LogP contribution is -2.31. The Morgan fingerprint density at radius 2 is 1.82 bits per heavy atom. The van der Waals surface area contributed by atoms with Gasteiger partial charge in [0.25, 0.3) is 5.91 Å². The number of pyridine rings is 1. The Kier molecular flexibility index (Phi) is 4.35. The number of carbonyl (C=O) groups is 1. The minimum atomic E-state index is -0.0136. The van der Waals surface area contributed by atoms with Crippen LogP contribution in [0.25, 0.3) is 10.9 Å². The van der Waals surface area contributed by atoms with Crippen LogP contribution in [0.5, 0.6) is 11.5 Å². The summed E-state index contributed by atoms with van der Waals surface area (Å²) in [4.78, 5) is 19.8. The third-order valence-electron chi connectivity index (χ3n) is 5.49. The molecule has 5 rings (SSSR count). The molecule has 3 aromatic rings. The van der Waals surface area contributed by atoms with Crippen molar-refractivity contribution >= 4 is 16.8 Å². The van der Waals surface area contributed by atoms with E-state index in [0.717, 1.165) is 53.8 Å². The quantitative estimate of drug-likeness (QED) is 0.668. The number of benzene rings is 2. The first kappa shape index (κ1) is 17.0. The van der Waals surface area contributed by atoms with E-state index < -0.39 is 0 Å². The van der Waals surface area contributed by atoms with Crippen LogP contribution in [0.3, 0.4) is 0 Å². The first-order valence-electron chi connectivity index (χ1n) is 9.86. The van der Waals surface area contributed by atoms with Gasteiger partial charge in [-0.1, -0.05) is 30.3 Å². The van der Waals surface area contributed by atoms with E-state index >= 15 is 0 Å². The van der Waals surface area contributed by atoms with E-state index in [9.17, 15) is 4.79 Å². The number of ether oxygens (including phenoxy) is 2. The highest BCUT2D eigenvalue weighted by molar-refractivity contribution is 5.95. The van der Waals surface area contributed by atoms with Gasteiger partial charge in [0.05, 0.1) is 24.8 Å². The fraction of sp³-hybridized carbons (Fsp3) is 0.304. The predicted molar refractivity (Wildman–Crippen MR) is 107 cm³/mol. The van der Waals surface area contributed by atoms with Gasteiger partial charge in [-0.15, -0.1) is 0 Å². The van der Waals surface area contributed by atoms with Crippen LogP contribution < -0.4 is 9.47 Å². The van der Waals surface area contributed by atoms with Gasteiger partial charge in [0.15, 0.2) is 11.5 Å². The normalized spacial score (nSPS) is 18.9.